The minimum atomic E-state index is -1.61. The number of nitrogens with one attached hydrogen (secondary N) is 3. The number of carboxylic acids is 1. The molecule has 0 aromatic heterocycles. The standard InChI is InChI=1S/C11H18N4O5/c1-12-5-9(17)15-8(3-2-4-13-15)10(18)14-7(6-16)11(19)20/h6-8,12-13H,2-5H2,1H3,(H,14,18)(H,19,20). The summed E-state index contributed by atoms with van der Waals surface area (Å²) in [4.78, 5) is 45.1. The van der Waals surface area contributed by atoms with Crippen molar-refractivity contribution in [3.8, 4) is 0 Å². The molecule has 0 radical (unpaired) electrons. The molecule has 20 heavy (non-hydrogen) atoms. The molecule has 9 nitrogen and oxygen atoms in total. The lowest BCUT2D eigenvalue weighted by Gasteiger charge is -2.35. The summed E-state index contributed by atoms with van der Waals surface area (Å²) < 4.78 is 0. The third kappa shape index (κ3) is 4.00. The van der Waals surface area contributed by atoms with E-state index in [0.29, 0.717) is 19.4 Å². The molecule has 1 saturated heterocycles. The van der Waals surface area contributed by atoms with Crippen molar-refractivity contribution in [2.24, 2.45) is 0 Å². The van der Waals surface area contributed by atoms with Gasteiger partial charge in [-0.2, -0.15) is 0 Å². The molecule has 0 aromatic rings. The SMILES string of the molecule is CNCC(=O)N1NCCCC1C(=O)NC(C=O)C(=O)O. The number of likely N-dealkylation sites (N-methyl/N-ethyl adjacent to an activating group) is 1. The minimum Gasteiger partial charge on any atom is -0.479 e. The molecule has 9 heteroatoms. The molecule has 4 N–H and O–H groups in total. The van der Waals surface area contributed by atoms with E-state index < -0.39 is 24.0 Å². The van der Waals surface area contributed by atoms with Crippen LogP contribution in [0.2, 0.25) is 0 Å². The van der Waals surface area contributed by atoms with Crippen molar-refractivity contribution in [1.29, 1.82) is 0 Å². The van der Waals surface area contributed by atoms with E-state index in [9.17, 15) is 19.2 Å². The first kappa shape index (κ1) is 16.1. The van der Waals surface area contributed by atoms with Gasteiger partial charge < -0.3 is 20.5 Å². The quantitative estimate of drug-likeness (QED) is 0.313. The highest BCUT2D eigenvalue weighted by Crippen LogP contribution is 2.11. The van der Waals surface area contributed by atoms with Crippen LogP contribution in [-0.4, -0.2) is 66.4 Å². The second kappa shape index (κ2) is 7.56. The Morgan fingerprint density at radius 2 is 2.20 bits per heavy atom. The number of rotatable bonds is 6. The fourth-order valence-corrected chi connectivity index (χ4v) is 1.88. The summed E-state index contributed by atoms with van der Waals surface area (Å²) >= 11 is 0. The van der Waals surface area contributed by atoms with E-state index in [1.54, 1.807) is 7.05 Å². The van der Waals surface area contributed by atoms with Gasteiger partial charge >= 0.3 is 5.97 Å². The van der Waals surface area contributed by atoms with Gasteiger partial charge in [0.1, 0.15) is 6.04 Å². The highest BCUT2D eigenvalue weighted by molar-refractivity contribution is 5.97. The van der Waals surface area contributed by atoms with E-state index in [0.717, 1.165) is 0 Å². The number of hydrogen-bond acceptors (Lipinski definition) is 6. The maximum atomic E-state index is 12.0. The largest absolute Gasteiger partial charge is 0.479 e. The molecule has 1 aliphatic rings. The smallest absolute Gasteiger partial charge is 0.333 e. The van der Waals surface area contributed by atoms with Gasteiger partial charge in [0.05, 0.1) is 6.54 Å². The molecule has 0 spiro atoms. The lowest BCUT2D eigenvalue weighted by Crippen LogP contribution is -2.61. The topological polar surface area (TPSA) is 128 Å². The molecular weight excluding hydrogens is 268 g/mol. The van der Waals surface area contributed by atoms with Crippen LogP contribution in [0.3, 0.4) is 0 Å². The molecule has 2 unspecified atom stereocenters. The number of aldehydes is 1. The molecule has 0 saturated carbocycles. The Morgan fingerprint density at radius 3 is 2.75 bits per heavy atom. The van der Waals surface area contributed by atoms with Crippen LogP contribution >= 0.6 is 0 Å². The van der Waals surface area contributed by atoms with E-state index in [-0.39, 0.29) is 18.7 Å². The molecule has 2 amide bonds. The van der Waals surface area contributed by atoms with Crippen LogP contribution < -0.4 is 16.1 Å². The average molecular weight is 286 g/mol. The molecule has 1 aliphatic heterocycles. The second-order valence-electron chi connectivity index (χ2n) is 4.32. The van der Waals surface area contributed by atoms with Gasteiger partial charge in [-0.3, -0.25) is 14.6 Å². The fraction of sp³-hybridized carbons (Fsp3) is 0.636. The summed E-state index contributed by atoms with van der Waals surface area (Å²) in [6.07, 6.45) is 1.20. The van der Waals surface area contributed by atoms with Crippen molar-refractivity contribution < 1.29 is 24.3 Å². The number of carboxylic acid groups (broad SMARTS) is 1. The highest BCUT2D eigenvalue weighted by atomic mass is 16.4. The summed E-state index contributed by atoms with van der Waals surface area (Å²) in [7, 11) is 1.60. The van der Waals surface area contributed by atoms with Crippen LogP contribution in [0.1, 0.15) is 12.8 Å². The van der Waals surface area contributed by atoms with Gasteiger partial charge in [-0.25, -0.2) is 10.2 Å². The summed E-state index contributed by atoms with van der Waals surface area (Å²) in [5, 5.41) is 14.7. The van der Waals surface area contributed by atoms with Crippen molar-refractivity contribution in [1.82, 2.24) is 21.1 Å². The Hall–Kier alpha value is -2.00. The maximum Gasteiger partial charge on any atom is 0.333 e. The van der Waals surface area contributed by atoms with E-state index in [2.05, 4.69) is 16.1 Å². The van der Waals surface area contributed by atoms with Crippen molar-refractivity contribution >= 4 is 24.1 Å². The van der Waals surface area contributed by atoms with E-state index >= 15 is 0 Å². The molecule has 1 heterocycles. The van der Waals surface area contributed by atoms with Crippen LogP contribution in [0.25, 0.3) is 0 Å². The number of hydrogen-bond donors (Lipinski definition) is 4. The summed E-state index contributed by atoms with van der Waals surface area (Å²) in [6.45, 7) is 0.599. The number of carbonyl (C=O) groups is 4. The van der Waals surface area contributed by atoms with Gasteiger partial charge in [0.25, 0.3) is 5.91 Å². The minimum absolute atomic E-state index is 0.0484. The molecule has 2 atom stereocenters. The molecule has 0 bridgehead atoms. The lowest BCUT2D eigenvalue weighted by molar-refractivity contribution is -0.148. The number of carbonyl (C=O) groups excluding carboxylic acids is 3. The first-order valence-corrected chi connectivity index (χ1v) is 6.20. The van der Waals surface area contributed by atoms with Gasteiger partial charge in [0, 0.05) is 6.54 Å². The van der Waals surface area contributed by atoms with Gasteiger partial charge in [0.15, 0.2) is 12.3 Å². The Bertz CT molecular complexity index is 400. The third-order valence-corrected chi connectivity index (χ3v) is 2.85. The van der Waals surface area contributed by atoms with Crippen LogP contribution in [0.15, 0.2) is 0 Å². The molecule has 1 rings (SSSR count). The van der Waals surface area contributed by atoms with Gasteiger partial charge in [0.2, 0.25) is 5.91 Å². The van der Waals surface area contributed by atoms with Crippen molar-refractivity contribution in [2.45, 2.75) is 24.9 Å². The average Bonchev–Trinajstić information content (AvgIpc) is 2.44. The molecular formula is C11H18N4O5. The van der Waals surface area contributed by atoms with E-state index in [1.165, 1.54) is 5.01 Å². The van der Waals surface area contributed by atoms with Gasteiger partial charge in [-0.05, 0) is 19.9 Å². The number of aliphatic carboxylic acids is 1. The predicted octanol–water partition coefficient (Wildman–Crippen LogP) is -2.53. The fourth-order valence-electron chi connectivity index (χ4n) is 1.88. The molecule has 112 valence electrons. The lowest BCUT2D eigenvalue weighted by atomic mass is 10.1. The van der Waals surface area contributed by atoms with Crippen molar-refractivity contribution in [3.63, 3.8) is 0 Å². The highest BCUT2D eigenvalue weighted by Gasteiger charge is 2.33. The number of amides is 2. The number of hydrazine groups is 1. The Kier molecular flexibility index (Phi) is 6.07. The first-order valence-electron chi connectivity index (χ1n) is 6.20. The Labute approximate surface area is 115 Å². The Morgan fingerprint density at radius 1 is 1.50 bits per heavy atom. The first-order chi connectivity index (χ1) is 9.51. The zero-order valence-corrected chi connectivity index (χ0v) is 11.1. The van der Waals surface area contributed by atoms with Crippen LogP contribution in [0.5, 0.6) is 0 Å². The summed E-state index contributed by atoms with van der Waals surface area (Å²) in [6, 6.07) is -2.43. The molecule has 0 aromatic carbocycles. The molecule has 1 fully saturated rings. The monoisotopic (exact) mass is 286 g/mol. The zero-order chi connectivity index (χ0) is 15.1. The third-order valence-electron chi connectivity index (χ3n) is 2.85. The van der Waals surface area contributed by atoms with Gasteiger partial charge in [-0.15, -0.1) is 0 Å². The number of nitrogens with zero attached hydrogens (tertiary/aromatic N) is 1. The van der Waals surface area contributed by atoms with E-state index in [1.807, 2.05) is 0 Å². The summed E-state index contributed by atoms with van der Waals surface area (Å²) in [5.74, 6) is -2.43. The Balaban J connectivity index is 2.74. The summed E-state index contributed by atoms with van der Waals surface area (Å²) in [5.41, 5.74) is 2.80. The van der Waals surface area contributed by atoms with Crippen LogP contribution in [0, 0.1) is 0 Å². The normalized spacial score (nSPS) is 20.1. The maximum absolute atomic E-state index is 12.0. The van der Waals surface area contributed by atoms with Crippen LogP contribution in [-0.2, 0) is 19.2 Å². The van der Waals surface area contributed by atoms with E-state index in [4.69, 9.17) is 5.11 Å². The van der Waals surface area contributed by atoms with Crippen molar-refractivity contribution in [3.05, 3.63) is 0 Å². The second-order valence-corrected chi connectivity index (χ2v) is 4.32. The predicted molar refractivity (Wildman–Crippen MR) is 67.4 cm³/mol. The van der Waals surface area contributed by atoms with Crippen LogP contribution in [0.4, 0.5) is 0 Å². The van der Waals surface area contributed by atoms with Gasteiger partial charge in [-0.1, -0.05) is 0 Å². The molecule has 0 aliphatic carbocycles. The van der Waals surface area contributed by atoms with Crippen molar-refractivity contribution in [2.75, 3.05) is 20.1 Å². The zero-order valence-electron chi connectivity index (χ0n) is 11.1.